The molecule has 0 aliphatic carbocycles. The molecule has 7 nitrogen and oxygen atoms in total. The van der Waals surface area contributed by atoms with Crippen molar-refractivity contribution in [1.29, 1.82) is 0 Å². The molecule has 0 unspecified atom stereocenters. The topological polar surface area (TPSA) is 67.3 Å². The van der Waals surface area contributed by atoms with Gasteiger partial charge in [-0.05, 0) is 12.1 Å². The maximum Gasteiger partial charge on any atom is 0.162 e. The summed E-state index contributed by atoms with van der Waals surface area (Å²) in [6, 6.07) is 3.84. The third kappa shape index (κ3) is 4.13. The number of ether oxygens (including phenoxy) is 1. The van der Waals surface area contributed by atoms with Gasteiger partial charge in [-0.2, -0.15) is 0 Å². The van der Waals surface area contributed by atoms with Crippen molar-refractivity contribution in [2.24, 2.45) is 0 Å². The van der Waals surface area contributed by atoms with E-state index in [0.717, 1.165) is 61.4 Å². The number of anilines is 1. The van der Waals surface area contributed by atoms with E-state index >= 15 is 0 Å². The van der Waals surface area contributed by atoms with Gasteiger partial charge in [0.15, 0.2) is 5.82 Å². The molecule has 148 valence electrons. The first kappa shape index (κ1) is 19.1. The first-order chi connectivity index (χ1) is 14.3. The lowest BCUT2D eigenvalue weighted by Crippen LogP contribution is -2.46. The molecule has 0 amide bonds. The summed E-state index contributed by atoms with van der Waals surface area (Å²) in [5, 5.41) is 0.902. The van der Waals surface area contributed by atoms with Crippen LogP contribution >= 0.6 is 0 Å². The first-order valence-corrected chi connectivity index (χ1v) is 9.83. The number of nitrogens with zero attached hydrogens (tertiary/aromatic N) is 6. The number of pyridine rings is 2. The van der Waals surface area contributed by atoms with Crippen molar-refractivity contribution >= 4 is 16.7 Å². The van der Waals surface area contributed by atoms with E-state index in [-0.39, 0.29) is 0 Å². The van der Waals surface area contributed by atoms with Gasteiger partial charge in [0.05, 0.1) is 37.0 Å². The molecular weight excluding hydrogens is 364 g/mol. The molecule has 29 heavy (non-hydrogen) atoms. The smallest absolute Gasteiger partial charge is 0.162 e. The number of hydrogen-bond acceptors (Lipinski definition) is 7. The molecule has 0 atom stereocenters. The average molecular weight is 388 g/mol. The molecule has 1 aliphatic heterocycles. The van der Waals surface area contributed by atoms with Gasteiger partial charge in [0.1, 0.15) is 11.6 Å². The molecular formula is C22H24N6O. The fourth-order valence-electron chi connectivity index (χ4n) is 3.46. The minimum Gasteiger partial charge on any atom is -0.494 e. The summed E-state index contributed by atoms with van der Waals surface area (Å²) in [6.45, 7) is 6.54. The highest BCUT2D eigenvalue weighted by molar-refractivity contribution is 5.95. The van der Waals surface area contributed by atoms with Crippen LogP contribution in [-0.4, -0.2) is 64.7 Å². The predicted octanol–water partition coefficient (Wildman–Crippen LogP) is 2.63. The van der Waals surface area contributed by atoms with Gasteiger partial charge in [0.2, 0.25) is 0 Å². The van der Waals surface area contributed by atoms with Crippen LogP contribution in [0.25, 0.3) is 22.3 Å². The van der Waals surface area contributed by atoms with Gasteiger partial charge in [0.25, 0.3) is 0 Å². The van der Waals surface area contributed by atoms with Gasteiger partial charge >= 0.3 is 0 Å². The van der Waals surface area contributed by atoms with E-state index in [0.29, 0.717) is 11.6 Å². The van der Waals surface area contributed by atoms with Crippen LogP contribution in [0.15, 0.2) is 36.9 Å². The van der Waals surface area contributed by atoms with Crippen molar-refractivity contribution in [2.45, 2.75) is 13.3 Å². The third-order valence-electron chi connectivity index (χ3n) is 4.99. The molecule has 0 aromatic carbocycles. The zero-order valence-electron chi connectivity index (χ0n) is 16.8. The van der Waals surface area contributed by atoms with E-state index in [1.807, 2.05) is 12.1 Å². The van der Waals surface area contributed by atoms with Crippen LogP contribution in [0.5, 0.6) is 5.75 Å². The van der Waals surface area contributed by atoms with Crippen molar-refractivity contribution in [3.05, 3.63) is 36.9 Å². The number of hydrogen-bond donors (Lipinski definition) is 0. The van der Waals surface area contributed by atoms with E-state index in [1.165, 1.54) is 0 Å². The second-order valence-corrected chi connectivity index (χ2v) is 6.81. The second-order valence-electron chi connectivity index (χ2n) is 6.81. The van der Waals surface area contributed by atoms with Gasteiger partial charge in [-0.25, -0.2) is 9.97 Å². The van der Waals surface area contributed by atoms with E-state index in [1.54, 1.807) is 31.9 Å². The Morgan fingerprint density at radius 1 is 1.00 bits per heavy atom. The Morgan fingerprint density at radius 3 is 2.52 bits per heavy atom. The molecule has 0 bridgehead atoms. The number of rotatable bonds is 4. The zero-order valence-corrected chi connectivity index (χ0v) is 16.8. The van der Waals surface area contributed by atoms with Gasteiger partial charge in [-0.15, -0.1) is 5.92 Å². The van der Waals surface area contributed by atoms with Crippen LogP contribution in [0.4, 0.5) is 5.82 Å². The summed E-state index contributed by atoms with van der Waals surface area (Å²) in [4.78, 5) is 22.7. The highest BCUT2D eigenvalue weighted by Crippen LogP contribution is 2.33. The van der Waals surface area contributed by atoms with Gasteiger partial charge in [-0.1, -0.05) is 12.8 Å². The van der Waals surface area contributed by atoms with Gasteiger partial charge in [-0.3, -0.25) is 14.9 Å². The fourth-order valence-corrected chi connectivity index (χ4v) is 3.46. The van der Waals surface area contributed by atoms with Crippen LogP contribution in [-0.2, 0) is 0 Å². The number of aromatic nitrogens is 4. The Labute approximate surface area is 170 Å². The minimum atomic E-state index is 0.668. The molecule has 7 heteroatoms. The molecule has 3 aromatic heterocycles. The van der Waals surface area contributed by atoms with Crippen LogP contribution in [0, 0.1) is 11.8 Å². The minimum absolute atomic E-state index is 0.668. The standard InChI is InChI=1S/C22H24N6O/c1-3-4-5-10-27-11-13-28(14-12-27)22-20-18(15-24-16-19(20)29-2)25-21(26-22)17-6-8-23-9-7-17/h6-9,15-16H,3,10-14H2,1-2H3. The maximum atomic E-state index is 5.58. The van der Waals surface area contributed by atoms with Crippen molar-refractivity contribution in [3.63, 3.8) is 0 Å². The monoisotopic (exact) mass is 388 g/mol. The lowest BCUT2D eigenvalue weighted by Gasteiger charge is -2.35. The Balaban J connectivity index is 1.71. The largest absolute Gasteiger partial charge is 0.494 e. The zero-order chi connectivity index (χ0) is 20.1. The Hall–Kier alpha value is -3.24. The molecule has 1 aliphatic rings. The van der Waals surface area contributed by atoms with Crippen LogP contribution in [0.2, 0.25) is 0 Å². The second kappa shape index (κ2) is 8.84. The summed E-state index contributed by atoms with van der Waals surface area (Å²) >= 11 is 0. The summed E-state index contributed by atoms with van der Waals surface area (Å²) in [7, 11) is 1.65. The van der Waals surface area contributed by atoms with E-state index < -0.39 is 0 Å². The predicted molar refractivity (Wildman–Crippen MR) is 114 cm³/mol. The van der Waals surface area contributed by atoms with Crippen molar-refractivity contribution in [1.82, 2.24) is 24.8 Å². The summed E-state index contributed by atoms with van der Waals surface area (Å²) < 4.78 is 5.58. The molecule has 1 saturated heterocycles. The number of methoxy groups -OCH3 is 1. The van der Waals surface area contributed by atoms with Crippen molar-refractivity contribution in [2.75, 3.05) is 44.7 Å². The third-order valence-corrected chi connectivity index (χ3v) is 4.99. The average Bonchev–Trinajstić information content (AvgIpc) is 2.79. The fraction of sp³-hybridized carbons (Fsp3) is 0.364. The SMILES string of the molecule is CCC#CCN1CCN(c2nc(-c3ccncc3)nc3cncc(OC)c23)CC1. The summed E-state index contributed by atoms with van der Waals surface area (Å²) in [5.41, 5.74) is 1.71. The van der Waals surface area contributed by atoms with Gasteiger partial charge < -0.3 is 9.64 Å². The normalized spacial score (nSPS) is 14.5. The molecule has 4 heterocycles. The highest BCUT2D eigenvalue weighted by Gasteiger charge is 2.23. The Bertz CT molecular complexity index is 1040. The molecule has 0 N–H and O–H groups in total. The van der Waals surface area contributed by atoms with E-state index in [4.69, 9.17) is 14.7 Å². The molecule has 0 spiro atoms. The quantitative estimate of drug-likeness (QED) is 0.637. The Kier molecular flexibility index (Phi) is 5.82. The maximum absolute atomic E-state index is 5.58. The van der Waals surface area contributed by atoms with Crippen LogP contribution in [0.3, 0.4) is 0 Å². The number of piperazine rings is 1. The molecule has 4 rings (SSSR count). The summed E-state index contributed by atoms with van der Waals surface area (Å²) in [6.07, 6.45) is 7.89. The highest BCUT2D eigenvalue weighted by atomic mass is 16.5. The van der Waals surface area contributed by atoms with E-state index in [2.05, 4.69) is 38.5 Å². The first-order valence-electron chi connectivity index (χ1n) is 9.83. The molecule has 1 fully saturated rings. The molecule has 0 radical (unpaired) electrons. The van der Waals surface area contributed by atoms with Crippen LogP contribution < -0.4 is 9.64 Å². The molecule has 3 aromatic rings. The van der Waals surface area contributed by atoms with Crippen molar-refractivity contribution < 1.29 is 4.74 Å². The number of fused-ring (bicyclic) bond motifs is 1. The van der Waals surface area contributed by atoms with Crippen LogP contribution in [0.1, 0.15) is 13.3 Å². The van der Waals surface area contributed by atoms with E-state index in [9.17, 15) is 0 Å². The Morgan fingerprint density at radius 2 is 1.79 bits per heavy atom. The van der Waals surface area contributed by atoms with Gasteiger partial charge in [0, 0.05) is 50.6 Å². The summed E-state index contributed by atoms with van der Waals surface area (Å²) in [5.74, 6) is 8.63. The molecule has 0 saturated carbocycles. The lowest BCUT2D eigenvalue weighted by molar-refractivity contribution is 0.287. The lowest BCUT2D eigenvalue weighted by atomic mass is 10.2. The van der Waals surface area contributed by atoms with Crippen molar-refractivity contribution in [3.8, 4) is 29.0 Å².